The van der Waals surface area contributed by atoms with Crippen LogP contribution in [-0.4, -0.2) is 11.2 Å². The highest BCUT2D eigenvalue weighted by Crippen LogP contribution is 2.96. The molecule has 6 aliphatic carbocycles. The second-order valence-corrected chi connectivity index (χ2v) is 5.85. The van der Waals surface area contributed by atoms with Crippen LogP contribution in [0.25, 0.3) is 0 Å². The fraction of sp³-hybridized carbons (Fsp3) is 0.833. The van der Waals surface area contributed by atoms with E-state index in [1.165, 1.54) is 0 Å². The van der Waals surface area contributed by atoms with Crippen molar-refractivity contribution in [2.24, 2.45) is 46.8 Å². The van der Waals surface area contributed by atoms with Crippen molar-refractivity contribution in [3.05, 3.63) is 0 Å². The maximum absolute atomic E-state index is 9.95. The molecule has 6 rings (SSSR count). The Hall–Kier alpha value is -0.480. The summed E-state index contributed by atoms with van der Waals surface area (Å²) in [6, 6.07) is 0. The molecule has 0 aromatic carbocycles. The molecule has 6 aliphatic rings. The molecule has 1 heteroatoms. The van der Waals surface area contributed by atoms with Crippen molar-refractivity contribution >= 4 is 0 Å². The Balaban J connectivity index is 1.81. The van der Waals surface area contributed by atoms with Crippen molar-refractivity contribution in [1.29, 1.82) is 0 Å². The third kappa shape index (κ3) is 0.327. The van der Waals surface area contributed by atoms with E-state index in [4.69, 9.17) is 6.42 Å². The standard InChI is InChI=1S/C12H12O/c1-2-12-9-4-3-5(13)7(11(9)12)8-6(4)10(8)12/h1,4-11,13H,3H2/t4-,5-,6-,7+,8-,9+,10-,11+,12-/m0/s1. The van der Waals surface area contributed by atoms with Gasteiger partial charge in [-0.25, -0.2) is 0 Å². The van der Waals surface area contributed by atoms with Crippen LogP contribution in [0.4, 0.5) is 0 Å². The first-order chi connectivity index (χ1) is 6.32. The fourth-order valence-electron chi connectivity index (χ4n) is 6.13. The van der Waals surface area contributed by atoms with Crippen LogP contribution in [0, 0.1) is 59.2 Å². The third-order valence-corrected chi connectivity index (χ3v) is 6.09. The van der Waals surface area contributed by atoms with Crippen LogP contribution in [0.15, 0.2) is 0 Å². The normalized spacial score (nSPS) is 83.7. The summed E-state index contributed by atoms with van der Waals surface area (Å²) in [5, 5.41) is 9.95. The maximum Gasteiger partial charge on any atom is 0.0577 e. The van der Waals surface area contributed by atoms with E-state index < -0.39 is 0 Å². The molecule has 6 fully saturated rings. The molecular formula is C12H12O. The van der Waals surface area contributed by atoms with Gasteiger partial charge in [-0.15, -0.1) is 6.42 Å². The topological polar surface area (TPSA) is 20.2 Å². The number of hydrogen-bond acceptors (Lipinski definition) is 1. The minimum Gasteiger partial charge on any atom is -0.393 e. The van der Waals surface area contributed by atoms with Crippen molar-refractivity contribution in [3.63, 3.8) is 0 Å². The lowest BCUT2D eigenvalue weighted by Crippen LogP contribution is -2.39. The molecule has 0 aromatic rings. The van der Waals surface area contributed by atoms with Gasteiger partial charge in [0, 0.05) is 5.41 Å². The summed E-state index contributed by atoms with van der Waals surface area (Å²) in [4.78, 5) is 0. The van der Waals surface area contributed by atoms with Gasteiger partial charge in [-0.3, -0.25) is 0 Å². The van der Waals surface area contributed by atoms with Gasteiger partial charge in [-0.1, -0.05) is 5.92 Å². The summed E-state index contributed by atoms with van der Waals surface area (Å²) in [7, 11) is 0. The summed E-state index contributed by atoms with van der Waals surface area (Å²) in [5.74, 6) is 8.85. The zero-order valence-electron chi connectivity index (χ0n) is 7.35. The second-order valence-electron chi connectivity index (χ2n) is 5.85. The number of hydrogen-bond donors (Lipinski definition) is 1. The van der Waals surface area contributed by atoms with E-state index in [0.29, 0.717) is 11.3 Å². The van der Waals surface area contributed by atoms with Crippen molar-refractivity contribution in [2.45, 2.75) is 12.5 Å². The van der Waals surface area contributed by atoms with Gasteiger partial charge in [0.2, 0.25) is 0 Å². The number of aliphatic hydroxyl groups excluding tert-OH is 1. The molecule has 1 nitrogen and oxygen atoms in total. The predicted octanol–water partition coefficient (Wildman–Crippen LogP) is 0.738. The molecule has 0 unspecified atom stereocenters. The van der Waals surface area contributed by atoms with Crippen LogP contribution in [0.3, 0.4) is 0 Å². The molecule has 0 spiro atoms. The van der Waals surface area contributed by atoms with E-state index >= 15 is 0 Å². The fourth-order valence-corrected chi connectivity index (χ4v) is 6.13. The molecule has 1 N–H and O–H groups in total. The quantitative estimate of drug-likeness (QED) is 0.534. The van der Waals surface area contributed by atoms with Gasteiger partial charge >= 0.3 is 0 Å². The lowest BCUT2D eigenvalue weighted by molar-refractivity contribution is -0.0127. The van der Waals surface area contributed by atoms with Crippen molar-refractivity contribution in [1.82, 2.24) is 0 Å². The van der Waals surface area contributed by atoms with Crippen LogP contribution >= 0.6 is 0 Å². The molecule has 6 saturated carbocycles. The Kier molecular flexibility index (Phi) is 0.601. The molecule has 0 saturated heterocycles. The summed E-state index contributed by atoms with van der Waals surface area (Å²) in [5.41, 5.74) is 0.322. The van der Waals surface area contributed by atoms with E-state index in [9.17, 15) is 5.11 Å². The van der Waals surface area contributed by atoms with Gasteiger partial charge < -0.3 is 5.11 Å². The second kappa shape index (κ2) is 1.28. The minimum atomic E-state index is 0.00947. The van der Waals surface area contributed by atoms with Crippen molar-refractivity contribution in [3.8, 4) is 12.3 Å². The summed E-state index contributed by atoms with van der Waals surface area (Å²) in [6.45, 7) is 0. The van der Waals surface area contributed by atoms with E-state index in [1.807, 2.05) is 0 Å². The molecule has 9 atom stereocenters. The van der Waals surface area contributed by atoms with Gasteiger partial charge in [0.05, 0.1) is 6.10 Å². The number of fused-ring (bicyclic) bond motifs is 1. The zero-order chi connectivity index (χ0) is 8.53. The van der Waals surface area contributed by atoms with Gasteiger partial charge in [0.25, 0.3) is 0 Å². The number of aliphatic hydroxyl groups is 1. The Bertz CT molecular complexity index is 377. The highest BCUT2D eigenvalue weighted by atomic mass is 16.3. The molecule has 0 aliphatic heterocycles. The molecule has 0 amide bonds. The van der Waals surface area contributed by atoms with Crippen LogP contribution in [0.5, 0.6) is 0 Å². The predicted molar refractivity (Wildman–Crippen MR) is 46.3 cm³/mol. The number of terminal acetylenes is 1. The SMILES string of the molecule is C#C[C@]12[C@@H]3[C@@H]4[C@@H]5[C@@H]1[C@H]2[C@@H](C[C@@H]5O)[C@@H]43. The first kappa shape index (κ1) is 6.09. The smallest absolute Gasteiger partial charge is 0.0577 e. The summed E-state index contributed by atoms with van der Waals surface area (Å²) in [6.07, 6.45) is 6.80. The molecule has 0 radical (unpaired) electrons. The monoisotopic (exact) mass is 172 g/mol. The molecule has 0 aromatic heterocycles. The van der Waals surface area contributed by atoms with Crippen molar-refractivity contribution in [2.75, 3.05) is 0 Å². The van der Waals surface area contributed by atoms with Gasteiger partial charge in [-0.2, -0.15) is 0 Å². The zero-order valence-corrected chi connectivity index (χ0v) is 7.35. The summed E-state index contributed by atoms with van der Waals surface area (Å²) >= 11 is 0. The largest absolute Gasteiger partial charge is 0.393 e. The van der Waals surface area contributed by atoms with Crippen LogP contribution in [-0.2, 0) is 0 Å². The highest BCUT2D eigenvalue weighted by Gasteiger charge is 2.96. The Morgan fingerprint density at radius 2 is 2.00 bits per heavy atom. The molecule has 13 heavy (non-hydrogen) atoms. The first-order valence-electron chi connectivity index (χ1n) is 5.48. The van der Waals surface area contributed by atoms with Crippen LogP contribution < -0.4 is 0 Å². The minimum absolute atomic E-state index is 0.00947. The lowest BCUT2D eigenvalue weighted by atomic mass is 9.69. The lowest BCUT2D eigenvalue weighted by Gasteiger charge is -2.38. The van der Waals surface area contributed by atoms with Gasteiger partial charge in [0.1, 0.15) is 0 Å². The molecule has 2 bridgehead atoms. The van der Waals surface area contributed by atoms with E-state index in [-0.39, 0.29) is 6.10 Å². The van der Waals surface area contributed by atoms with Crippen molar-refractivity contribution < 1.29 is 5.11 Å². The van der Waals surface area contributed by atoms with Crippen LogP contribution in [0.1, 0.15) is 6.42 Å². The maximum atomic E-state index is 9.95. The van der Waals surface area contributed by atoms with Gasteiger partial charge in [0.15, 0.2) is 0 Å². The average molecular weight is 172 g/mol. The average Bonchev–Trinajstić information content (AvgIpc) is 2.94. The summed E-state index contributed by atoms with van der Waals surface area (Å²) < 4.78 is 0. The van der Waals surface area contributed by atoms with Crippen LogP contribution in [0.2, 0.25) is 0 Å². The van der Waals surface area contributed by atoms with Gasteiger partial charge in [-0.05, 0) is 47.8 Å². The van der Waals surface area contributed by atoms with E-state index in [1.54, 1.807) is 0 Å². The number of rotatable bonds is 0. The van der Waals surface area contributed by atoms with E-state index in [0.717, 1.165) is 41.9 Å². The van der Waals surface area contributed by atoms with E-state index in [2.05, 4.69) is 5.92 Å². The first-order valence-corrected chi connectivity index (χ1v) is 5.48. The molecular weight excluding hydrogens is 160 g/mol. The third-order valence-electron chi connectivity index (χ3n) is 6.09. The highest BCUT2D eigenvalue weighted by molar-refractivity contribution is 5.48. The molecule has 66 valence electrons. The molecule has 0 heterocycles. The Morgan fingerprint density at radius 3 is 2.54 bits per heavy atom. The Morgan fingerprint density at radius 1 is 1.15 bits per heavy atom. The Labute approximate surface area is 77.5 Å².